The van der Waals surface area contributed by atoms with Crippen LogP contribution in [0.4, 0.5) is 0 Å². The van der Waals surface area contributed by atoms with Crippen LogP contribution in [0.2, 0.25) is 0 Å². The van der Waals surface area contributed by atoms with E-state index in [9.17, 15) is 4.79 Å². The van der Waals surface area contributed by atoms with E-state index >= 15 is 0 Å². The summed E-state index contributed by atoms with van der Waals surface area (Å²) in [5.41, 5.74) is 0. The van der Waals surface area contributed by atoms with Crippen molar-refractivity contribution >= 4 is 21.8 Å². The van der Waals surface area contributed by atoms with Crippen molar-refractivity contribution in [1.29, 1.82) is 0 Å². The molecule has 1 amide bonds. The zero-order valence-corrected chi connectivity index (χ0v) is 11.5. The second-order valence-electron chi connectivity index (χ2n) is 4.44. The molecule has 1 fully saturated rings. The molecular formula is C12H17BrN2O2. The van der Waals surface area contributed by atoms with Gasteiger partial charge < -0.3 is 14.6 Å². The highest BCUT2D eigenvalue weighted by atomic mass is 79.9. The number of carbonyl (C=O) groups is 1. The molecule has 1 aliphatic rings. The minimum Gasteiger partial charge on any atom is -0.452 e. The molecule has 2 heterocycles. The number of rotatable bonds is 3. The van der Waals surface area contributed by atoms with Gasteiger partial charge in [-0.25, -0.2) is 0 Å². The number of carbonyl (C=O) groups excluding carboxylic acids is 1. The maximum absolute atomic E-state index is 12.1. The molecule has 17 heavy (non-hydrogen) atoms. The van der Waals surface area contributed by atoms with Crippen LogP contribution in [0, 0.1) is 5.92 Å². The van der Waals surface area contributed by atoms with Gasteiger partial charge in [0.1, 0.15) is 5.76 Å². The average Bonchev–Trinajstić information content (AvgIpc) is 2.75. The van der Waals surface area contributed by atoms with Crippen molar-refractivity contribution in [2.24, 2.45) is 5.92 Å². The summed E-state index contributed by atoms with van der Waals surface area (Å²) in [7, 11) is 1.83. The molecule has 1 N–H and O–H groups in total. The number of furan rings is 1. The van der Waals surface area contributed by atoms with Crippen molar-refractivity contribution in [3.05, 3.63) is 22.6 Å². The minimum atomic E-state index is 0.118. The number of halogens is 1. The van der Waals surface area contributed by atoms with Gasteiger partial charge in [0.2, 0.25) is 5.91 Å². The second kappa shape index (κ2) is 5.69. The summed E-state index contributed by atoms with van der Waals surface area (Å²) in [6, 6.07) is 3.72. The minimum absolute atomic E-state index is 0.118. The topological polar surface area (TPSA) is 45.5 Å². The molecule has 0 unspecified atom stereocenters. The van der Waals surface area contributed by atoms with Crippen LogP contribution < -0.4 is 5.32 Å². The Bertz CT molecular complexity index is 386. The van der Waals surface area contributed by atoms with E-state index in [1.165, 1.54) is 0 Å². The molecule has 1 aromatic rings. The maximum Gasteiger partial charge on any atom is 0.227 e. The highest BCUT2D eigenvalue weighted by Gasteiger charge is 2.24. The summed E-state index contributed by atoms with van der Waals surface area (Å²) in [6.07, 6.45) is 2.06. The van der Waals surface area contributed by atoms with Crippen LogP contribution in [-0.2, 0) is 11.3 Å². The van der Waals surface area contributed by atoms with E-state index in [4.69, 9.17) is 4.42 Å². The van der Waals surface area contributed by atoms with Gasteiger partial charge in [-0.15, -0.1) is 0 Å². The van der Waals surface area contributed by atoms with Gasteiger partial charge in [-0.05, 0) is 47.4 Å². The lowest BCUT2D eigenvalue weighted by Crippen LogP contribution is -2.41. The standard InChI is InChI=1S/C12H17BrN2O2/c1-15(8-10-4-5-11(13)17-10)12(16)9-3-2-6-14-7-9/h4-5,9,14H,2-3,6-8H2,1H3/t9-/m0/s1. The molecule has 0 aliphatic carbocycles. The molecule has 0 spiro atoms. The van der Waals surface area contributed by atoms with Crippen LogP contribution in [0.3, 0.4) is 0 Å². The van der Waals surface area contributed by atoms with Gasteiger partial charge in [0.15, 0.2) is 4.67 Å². The zero-order valence-electron chi connectivity index (χ0n) is 9.91. The third kappa shape index (κ3) is 3.33. The van der Waals surface area contributed by atoms with Gasteiger partial charge >= 0.3 is 0 Å². The third-order valence-electron chi connectivity index (χ3n) is 3.04. The molecule has 0 bridgehead atoms. The largest absolute Gasteiger partial charge is 0.452 e. The van der Waals surface area contributed by atoms with Crippen LogP contribution >= 0.6 is 15.9 Å². The van der Waals surface area contributed by atoms with Crippen molar-refractivity contribution in [3.63, 3.8) is 0 Å². The quantitative estimate of drug-likeness (QED) is 0.929. The number of nitrogens with zero attached hydrogens (tertiary/aromatic N) is 1. The Labute approximate surface area is 109 Å². The zero-order chi connectivity index (χ0) is 12.3. The fourth-order valence-electron chi connectivity index (χ4n) is 2.12. The number of nitrogens with one attached hydrogen (secondary N) is 1. The van der Waals surface area contributed by atoms with E-state index in [1.54, 1.807) is 4.90 Å². The van der Waals surface area contributed by atoms with Crippen LogP contribution in [-0.4, -0.2) is 30.9 Å². The van der Waals surface area contributed by atoms with Gasteiger partial charge in [-0.2, -0.15) is 0 Å². The van der Waals surface area contributed by atoms with Crippen molar-refractivity contribution in [1.82, 2.24) is 10.2 Å². The molecule has 0 saturated carbocycles. The first-order chi connectivity index (χ1) is 8.16. The Kier molecular flexibility index (Phi) is 4.23. The highest BCUT2D eigenvalue weighted by molar-refractivity contribution is 9.10. The smallest absolute Gasteiger partial charge is 0.227 e. The molecular weight excluding hydrogens is 284 g/mol. The van der Waals surface area contributed by atoms with E-state index in [2.05, 4.69) is 21.2 Å². The van der Waals surface area contributed by atoms with E-state index in [0.717, 1.165) is 31.7 Å². The number of hydrogen-bond donors (Lipinski definition) is 1. The normalized spacial score (nSPS) is 20.2. The summed E-state index contributed by atoms with van der Waals surface area (Å²) in [6.45, 7) is 2.35. The summed E-state index contributed by atoms with van der Waals surface area (Å²) < 4.78 is 6.10. The summed E-state index contributed by atoms with van der Waals surface area (Å²) in [5.74, 6) is 1.12. The predicted molar refractivity (Wildman–Crippen MR) is 68.5 cm³/mol. The van der Waals surface area contributed by atoms with E-state index in [0.29, 0.717) is 11.2 Å². The number of hydrogen-bond acceptors (Lipinski definition) is 3. The molecule has 4 nitrogen and oxygen atoms in total. The number of piperidine rings is 1. The Balaban J connectivity index is 1.90. The average molecular weight is 301 g/mol. The van der Waals surface area contributed by atoms with Crippen LogP contribution in [0.1, 0.15) is 18.6 Å². The first kappa shape index (κ1) is 12.6. The van der Waals surface area contributed by atoms with E-state index < -0.39 is 0 Å². The third-order valence-corrected chi connectivity index (χ3v) is 3.47. The first-order valence-electron chi connectivity index (χ1n) is 5.86. The van der Waals surface area contributed by atoms with Crippen LogP contribution in [0.15, 0.2) is 21.2 Å². The molecule has 2 rings (SSSR count). The summed E-state index contributed by atoms with van der Waals surface area (Å²) in [5, 5.41) is 3.26. The Morgan fingerprint density at radius 3 is 3.06 bits per heavy atom. The lowest BCUT2D eigenvalue weighted by Gasteiger charge is -2.26. The Morgan fingerprint density at radius 1 is 1.65 bits per heavy atom. The molecule has 1 saturated heterocycles. The van der Waals surface area contributed by atoms with Gasteiger partial charge in [-0.1, -0.05) is 0 Å². The molecule has 1 atom stereocenters. The summed E-state index contributed by atoms with van der Waals surface area (Å²) in [4.78, 5) is 13.9. The molecule has 5 heteroatoms. The fourth-order valence-corrected chi connectivity index (χ4v) is 2.46. The van der Waals surface area contributed by atoms with Gasteiger partial charge in [0.25, 0.3) is 0 Å². The number of amides is 1. The second-order valence-corrected chi connectivity index (χ2v) is 5.22. The van der Waals surface area contributed by atoms with Crippen molar-refractivity contribution < 1.29 is 9.21 Å². The SMILES string of the molecule is CN(Cc1ccc(Br)o1)C(=O)[C@H]1CCCNC1. The van der Waals surface area contributed by atoms with Gasteiger partial charge in [-0.3, -0.25) is 4.79 Å². The lowest BCUT2D eigenvalue weighted by molar-refractivity contribution is -0.135. The fraction of sp³-hybridized carbons (Fsp3) is 0.583. The first-order valence-corrected chi connectivity index (χ1v) is 6.66. The lowest BCUT2D eigenvalue weighted by atomic mass is 9.98. The molecule has 0 aromatic carbocycles. The molecule has 0 radical (unpaired) electrons. The Morgan fingerprint density at radius 2 is 2.47 bits per heavy atom. The monoisotopic (exact) mass is 300 g/mol. The highest BCUT2D eigenvalue weighted by Crippen LogP contribution is 2.17. The van der Waals surface area contributed by atoms with Gasteiger partial charge in [0.05, 0.1) is 12.5 Å². The van der Waals surface area contributed by atoms with Crippen molar-refractivity contribution in [2.45, 2.75) is 19.4 Å². The van der Waals surface area contributed by atoms with Crippen molar-refractivity contribution in [3.8, 4) is 0 Å². The maximum atomic E-state index is 12.1. The van der Waals surface area contributed by atoms with Gasteiger partial charge in [0, 0.05) is 13.6 Å². The predicted octanol–water partition coefficient (Wildman–Crippen LogP) is 2.00. The van der Waals surface area contributed by atoms with Crippen LogP contribution in [0.25, 0.3) is 0 Å². The van der Waals surface area contributed by atoms with Crippen molar-refractivity contribution in [2.75, 3.05) is 20.1 Å². The molecule has 1 aromatic heterocycles. The molecule has 1 aliphatic heterocycles. The molecule has 94 valence electrons. The Hall–Kier alpha value is -0.810. The summed E-state index contributed by atoms with van der Waals surface area (Å²) >= 11 is 3.26. The van der Waals surface area contributed by atoms with E-state index in [1.807, 2.05) is 19.2 Å². The van der Waals surface area contributed by atoms with Crippen LogP contribution in [0.5, 0.6) is 0 Å². The van der Waals surface area contributed by atoms with E-state index in [-0.39, 0.29) is 11.8 Å².